The summed E-state index contributed by atoms with van der Waals surface area (Å²) < 4.78 is 1.72. The number of anilines is 1. The highest BCUT2D eigenvalue weighted by Crippen LogP contribution is 1.96. The molecule has 0 saturated carbocycles. The molecule has 0 radical (unpaired) electrons. The Morgan fingerprint density at radius 2 is 2.45 bits per heavy atom. The van der Waals surface area contributed by atoms with E-state index in [9.17, 15) is 4.79 Å². The highest BCUT2D eigenvalue weighted by molar-refractivity contribution is 5.73. The van der Waals surface area contributed by atoms with Crippen LogP contribution < -0.4 is 11.5 Å². The number of primary amides is 1. The second-order valence-electron chi connectivity index (χ2n) is 2.25. The van der Waals surface area contributed by atoms with Crippen LogP contribution in [0.2, 0.25) is 0 Å². The first-order valence-corrected chi connectivity index (χ1v) is 3.24. The Morgan fingerprint density at radius 3 is 2.91 bits per heavy atom. The topological polar surface area (TPSA) is 86.9 Å². The van der Waals surface area contributed by atoms with Gasteiger partial charge in [0, 0.05) is 19.2 Å². The molecule has 1 amide bonds. The van der Waals surface area contributed by atoms with Gasteiger partial charge in [-0.05, 0) is 0 Å². The molecule has 5 heteroatoms. The molecular weight excluding hydrogens is 144 g/mol. The van der Waals surface area contributed by atoms with Crippen LogP contribution >= 0.6 is 0 Å². The Labute approximate surface area is 64.0 Å². The molecule has 1 rings (SSSR count). The smallest absolute Gasteiger partial charge is 0.219 e. The van der Waals surface area contributed by atoms with Gasteiger partial charge < -0.3 is 16.0 Å². The van der Waals surface area contributed by atoms with E-state index < -0.39 is 0 Å². The van der Waals surface area contributed by atoms with Gasteiger partial charge in [-0.15, -0.1) is 0 Å². The fraction of sp³-hybridized carbons (Fsp3) is 0.333. The Bertz CT molecular complexity index is 255. The fourth-order valence-corrected chi connectivity index (χ4v) is 0.739. The zero-order chi connectivity index (χ0) is 8.27. The van der Waals surface area contributed by atoms with Crippen LogP contribution in [0.15, 0.2) is 12.5 Å². The Kier molecular flexibility index (Phi) is 2.10. The van der Waals surface area contributed by atoms with Crippen molar-refractivity contribution in [1.29, 1.82) is 0 Å². The number of carbonyl (C=O) groups excluding carboxylic acids is 1. The number of imidazole rings is 1. The number of nitrogens with two attached hydrogens (primary N) is 2. The molecule has 0 atom stereocenters. The summed E-state index contributed by atoms with van der Waals surface area (Å²) in [7, 11) is 0. The first-order chi connectivity index (χ1) is 5.18. The number of aromatic nitrogens is 2. The minimum absolute atomic E-state index is 0.315. The van der Waals surface area contributed by atoms with Crippen molar-refractivity contribution in [2.75, 3.05) is 5.73 Å². The van der Waals surface area contributed by atoms with Crippen molar-refractivity contribution in [3.05, 3.63) is 12.5 Å². The summed E-state index contributed by atoms with van der Waals surface area (Å²) in [4.78, 5) is 14.1. The molecular formula is C6H10N4O. The maximum absolute atomic E-state index is 10.3. The molecule has 0 aliphatic rings. The molecule has 1 aromatic rings. The van der Waals surface area contributed by atoms with Crippen LogP contribution in [-0.4, -0.2) is 15.5 Å². The third-order valence-electron chi connectivity index (χ3n) is 1.27. The summed E-state index contributed by atoms with van der Waals surface area (Å²) in [6.45, 7) is 0.541. The molecule has 0 spiro atoms. The number of hydrogen-bond donors (Lipinski definition) is 2. The molecule has 0 fully saturated rings. The normalized spacial score (nSPS) is 9.82. The SMILES string of the molecule is NC(=O)CCn1cnc(N)c1. The average molecular weight is 154 g/mol. The zero-order valence-corrected chi connectivity index (χ0v) is 6.03. The van der Waals surface area contributed by atoms with Gasteiger partial charge in [-0.2, -0.15) is 0 Å². The molecule has 0 aliphatic heterocycles. The Morgan fingerprint density at radius 1 is 1.73 bits per heavy atom. The number of nitrogens with zero attached hydrogens (tertiary/aromatic N) is 2. The van der Waals surface area contributed by atoms with Crippen molar-refractivity contribution in [3.63, 3.8) is 0 Å². The third kappa shape index (κ3) is 2.29. The van der Waals surface area contributed by atoms with Gasteiger partial charge in [0.25, 0.3) is 0 Å². The van der Waals surface area contributed by atoms with Gasteiger partial charge in [0.2, 0.25) is 5.91 Å². The van der Waals surface area contributed by atoms with E-state index in [1.807, 2.05) is 0 Å². The van der Waals surface area contributed by atoms with Crippen LogP contribution in [-0.2, 0) is 11.3 Å². The number of nitrogen functional groups attached to an aromatic ring is 1. The van der Waals surface area contributed by atoms with E-state index >= 15 is 0 Å². The lowest BCUT2D eigenvalue weighted by molar-refractivity contribution is -0.118. The van der Waals surface area contributed by atoms with E-state index in [2.05, 4.69) is 4.98 Å². The lowest BCUT2D eigenvalue weighted by Gasteiger charge is -1.96. The first-order valence-electron chi connectivity index (χ1n) is 3.24. The average Bonchev–Trinajstić information content (AvgIpc) is 2.31. The molecule has 1 aromatic heterocycles. The van der Waals surface area contributed by atoms with E-state index in [1.54, 1.807) is 17.1 Å². The second-order valence-corrected chi connectivity index (χ2v) is 2.25. The van der Waals surface area contributed by atoms with Crippen molar-refractivity contribution in [1.82, 2.24) is 9.55 Å². The van der Waals surface area contributed by atoms with E-state index in [4.69, 9.17) is 11.5 Å². The van der Waals surface area contributed by atoms with Gasteiger partial charge in [-0.3, -0.25) is 4.79 Å². The Hall–Kier alpha value is -1.52. The van der Waals surface area contributed by atoms with Crippen molar-refractivity contribution < 1.29 is 4.79 Å². The molecule has 0 aliphatic carbocycles. The number of rotatable bonds is 3. The van der Waals surface area contributed by atoms with Crippen molar-refractivity contribution >= 4 is 11.7 Å². The summed E-state index contributed by atoms with van der Waals surface area (Å²) >= 11 is 0. The third-order valence-corrected chi connectivity index (χ3v) is 1.27. The monoisotopic (exact) mass is 154 g/mol. The maximum atomic E-state index is 10.3. The second kappa shape index (κ2) is 3.05. The van der Waals surface area contributed by atoms with E-state index in [0.717, 1.165) is 0 Å². The summed E-state index contributed by atoms with van der Waals surface area (Å²) in [6, 6.07) is 0. The number of carbonyl (C=O) groups is 1. The maximum Gasteiger partial charge on any atom is 0.219 e. The van der Waals surface area contributed by atoms with Crippen LogP contribution in [0.4, 0.5) is 5.82 Å². The van der Waals surface area contributed by atoms with E-state index in [0.29, 0.717) is 18.8 Å². The van der Waals surface area contributed by atoms with Crippen LogP contribution in [0.25, 0.3) is 0 Å². The quantitative estimate of drug-likeness (QED) is 0.606. The van der Waals surface area contributed by atoms with E-state index in [-0.39, 0.29) is 5.91 Å². The minimum atomic E-state index is -0.322. The highest BCUT2D eigenvalue weighted by Gasteiger charge is 1.96. The molecule has 1 heterocycles. The molecule has 4 N–H and O–H groups in total. The van der Waals surface area contributed by atoms with Gasteiger partial charge in [0.15, 0.2) is 0 Å². The van der Waals surface area contributed by atoms with Crippen LogP contribution in [0.1, 0.15) is 6.42 Å². The van der Waals surface area contributed by atoms with Crippen molar-refractivity contribution in [2.24, 2.45) is 5.73 Å². The lowest BCUT2D eigenvalue weighted by atomic mass is 10.4. The lowest BCUT2D eigenvalue weighted by Crippen LogP contribution is -2.13. The van der Waals surface area contributed by atoms with Crippen molar-refractivity contribution in [2.45, 2.75) is 13.0 Å². The van der Waals surface area contributed by atoms with Crippen LogP contribution in [0.5, 0.6) is 0 Å². The molecule has 0 saturated heterocycles. The molecule has 5 nitrogen and oxygen atoms in total. The Balaban J connectivity index is 2.45. The van der Waals surface area contributed by atoms with Crippen LogP contribution in [0.3, 0.4) is 0 Å². The van der Waals surface area contributed by atoms with Crippen LogP contribution in [0, 0.1) is 0 Å². The predicted octanol–water partition coefficient (Wildman–Crippen LogP) is -0.659. The molecule has 60 valence electrons. The highest BCUT2D eigenvalue weighted by atomic mass is 16.1. The number of hydrogen-bond acceptors (Lipinski definition) is 3. The number of aryl methyl sites for hydroxylation is 1. The summed E-state index contributed by atoms with van der Waals surface area (Å²) in [5.74, 6) is 0.131. The van der Waals surface area contributed by atoms with E-state index in [1.165, 1.54) is 0 Å². The largest absolute Gasteiger partial charge is 0.382 e. The van der Waals surface area contributed by atoms with Gasteiger partial charge >= 0.3 is 0 Å². The molecule has 11 heavy (non-hydrogen) atoms. The fourth-order valence-electron chi connectivity index (χ4n) is 0.739. The van der Waals surface area contributed by atoms with Gasteiger partial charge in [-0.25, -0.2) is 4.98 Å². The predicted molar refractivity (Wildman–Crippen MR) is 40.5 cm³/mol. The molecule has 0 unspecified atom stereocenters. The molecule has 0 aromatic carbocycles. The van der Waals surface area contributed by atoms with Gasteiger partial charge in [-0.1, -0.05) is 0 Å². The molecule has 0 bridgehead atoms. The summed E-state index contributed by atoms with van der Waals surface area (Å²) in [5, 5.41) is 0. The van der Waals surface area contributed by atoms with Crippen molar-refractivity contribution in [3.8, 4) is 0 Å². The first kappa shape index (κ1) is 7.59. The minimum Gasteiger partial charge on any atom is -0.382 e. The number of amides is 1. The standard InChI is InChI=1S/C6H10N4O/c7-5-3-10(4-9-5)2-1-6(8)11/h3-4H,1-2,7H2,(H2,8,11). The summed E-state index contributed by atoms with van der Waals surface area (Å²) in [5.41, 5.74) is 10.3. The summed E-state index contributed by atoms with van der Waals surface area (Å²) in [6.07, 6.45) is 3.54. The van der Waals surface area contributed by atoms with Gasteiger partial charge in [0.1, 0.15) is 5.82 Å². The zero-order valence-electron chi connectivity index (χ0n) is 6.03. The van der Waals surface area contributed by atoms with Gasteiger partial charge in [0.05, 0.1) is 6.33 Å².